The zero-order valence-electron chi connectivity index (χ0n) is 19.6. The first-order valence-corrected chi connectivity index (χ1v) is 11.5. The number of aliphatic hydroxyl groups excluding tert-OH is 1. The van der Waals surface area contributed by atoms with Crippen molar-refractivity contribution in [2.24, 2.45) is 0 Å². The highest BCUT2D eigenvalue weighted by atomic mass is 16.5. The predicted molar refractivity (Wildman–Crippen MR) is 142 cm³/mol. The zero-order valence-corrected chi connectivity index (χ0v) is 19.6. The Hall–Kier alpha value is -4.57. The fourth-order valence-corrected chi connectivity index (χ4v) is 4.31. The van der Waals surface area contributed by atoms with Gasteiger partial charge in [0.25, 0.3) is 0 Å². The largest absolute Gasteiger partial charge is 0.509 e. The molecule has 0 fully saturated rings. The van der Waals surface area contributed by atoms with Crippen LogP contribution in [0.4, 0.5) is 0 Å². The highest BCUT2D eigenvalue weighted by Crippen LogP contribution is 2.37. The maximum atomic E-state index is 9.41. The molecule has 0 atom stereocenters. The first kappa shape index (κ1) is 22.2. The van der Waals surface area contributed by atoms with Crippen LogP contribution in [0, 0.1) is 6.92 Å². The van der Waals surface area contributed by atoms with Gasteiger partial charge in [0, 0.05) is 22.4 Å². The van der Waals surface area contributed by atoms with Crippen LogP contribution >= 0.6 is 0 Å². The van der Waals surface area contributed by atoms with Crippen LogP contribution in [0.1, 0.15) is 5.69 Å². The molecular formula is C31H26N2O2. The van der Waals surface area contributed by atoms with Crippen LogP contribution in [0.2, 0.25) is 0 Å². The number of benzene rings is 4. The van der Waals surface area contributed by atoms with Gasteiger partial charge >= 0.3 is 0 Å². The first-order chi connectivity index (χ1) is 17.1. The van der Waals surface area contributed by atoms with E-state index in [-0.39, 0.29) is 12.4 Å². The Morgan fingerprint density at radius 2 is 1.43 bits per heavy atom. The van der Waals surface area contributed by atoms with Gasteiger partial charge < -0.3 is 9.84 Å². The summed E-state index contributed by atoms with van der Waals surface area (Å²) < 4.78 is 7.70. The van der Waals surface area contributed by atoms with Crippen LogP contribution in [0.3, 0.4) is 0 Å². The van der Waals surface area contributed by atoms with E-state index in [0.717, 1.165) is 44.9 Å². The summed E-state index contributed by atoms with van der Waals surface area (Å²) in [5.41, 5.74) is 8.34. The molecule has 0 unspecified atom stereocenters. The molecule has 1 heterocycles. The number of ether oxygens (including phenoxy) is 1. The van der Waals surface area contributed by atoms with Crippen molar-refractivity contribution in [2.75, 3.05) is 6.61 Å². The molecule has 4 nitrogen and oxygen atoms in total. The van der Waals surface area contributed by atoms with Gasteiger partial charge in [-0.1, -0.05) is 97.6 Å². The summed E-state index contributed by atoms with van der Waals surface area (Å²) in [5, 5.41) is 14.5. The van der Waals surface area contributed by atoms with Crippen LogP contribution in [0.15, 0.2) is 122 Å². The molecule has 0 aliphatic rings. The maximum Gasteiger partial charge on any atom is 0.144 e. The number of para-hydroxylation sites is 1. The Kier molecular flexibility index (Phi) is 6.18. The SMILES string of the molecule is C=C(O)COc1cccc(-c2ccccc2-n2nc(-c3ccccc3)c(-c3ccccc3)c2C)c1. The molecule has 4 aromatic carbocycles. The normalized spacial score (nSPS) is 10.8. The van der Waals surface area contributed by atoms with E-state index in [4.69, 9.17) is 9.84 Å². The monoisotopic (exact) mass is 458 g/mol. The molecule has 0 saturated carbocycles. The lowest BCUT2D eigenvalue weighted by Gasteiger charge is -2.13. The maximum absolute atomic E-state index is 9.41. The predicted octanol–water partition coefficient (Wildman–Crippen LogP) is 7.63. The number of rotatable bonds is 7. The van der Waals surface area contributed by atoms with E-state index >= 15 is 0 Å². The minimum Gasteiger partial charge on any atom is -0.509 e. The van der Waals surface area contributed by atoms with E-state index in [9.17, 15) is 5.11 Å². The van der Waals surface area contributed by atoms with Crippen molar-refractivity contribution in [2.45, 2.75) is 6.92 Å². The molecular weight excluding hydrogens is 432 g/mol. The molecule has 1 N–H and O–H groups in total. The van der Waals surface area contributed by atoms with Crippen molar-refractivity contribution in [3.8, 4) is 44.9 Å². The van der Waals surface area contributed by atoms with Gasteiger partial charge in [-0.2, -0.15) is 5.10 Å². The Morgan fingerprint density at radius 3 is 2.14 bits per heavy atom. The molecule has 172 valence electrons. The van der Waals surface area contributed by atoms with E-state index in [2.05, 4.69) is 68.1 Å². The second-order valence-corrected chi connectivity index (χ2v) is 8.35. The number of hydrogen-bond donors (Lipinski definition) is 1. The number of nitrogens with zero attached hydrogens (tertiary/aromatic N) is 2. The third-order valence-electron chi connectivity index (χ3n) is 5.91. The van der Waals surface area contributed by atoms with Crippen LogP contribution in [-0.2, 0) is 0 Å². The van der Waals surface area contributed by atoms with Crippen molar-refractivity contribution in [1.29, 1.82) is 0 Å². The zero-order chi connectivity index (χ0) is 24.2. The molecule has 0 aliphatic carbocycles. The minimum absolute atomic E-state index is 0.00940. The molecule has 4 heteroatoms. The van der Waals surface area contributed by atoms with Crippen LogP contribution in [-0.4, -0.2) is 21.5 Å². The van der Waals surface area contributed by atoms with Gasteiger partial charge in [0.1, 0.15) is 23.8 Å². The van der Waals surface area contributed by atoms with Crippen LogP contribution in [0.5, 0.6) is 5.75 Å². The molecule has 5 rings (SSSR count). The second-order valence-electron chi connectivity index (χ2n) is 8.35. The van der Waals surface area contributed by atoms with Gasteiger partial charge in [-0.05, 0) is 36.2 Å². The fourth-order valence-electron chi connectivity index (χ4n) is 4.31. The van der Waals surface area contributed by atoms with E-state index in [0.29, 0.717) is 5.75 Å². The molecule has 1 aromatic heterocycles. The summed E-state index contributed by atoms with van der Waals surface area (Å²) in [7, 11) is 0. The summed E-state index contributed by atoms with van der Waals surface area (Å²) in [6.45, 7) is 5.67. The topological polar surface area (TPSA) is 47.3 Å². The van der Waals surface area contributed by atoms with Gasteiger partial charge in [0.2, 0.25) is 0 Å². The van der Waals surface area contributed by atoms with Gasteiger partial charge in [0.05, 0.1) is 5.69 Å². The summed E-state index contributed by atoms with van der Waals surface area (Å²) in [6.07, 6.45) is 0. The van der Waals surface area contributed by atoms with Gasteiger partial charge in [0.15, 0.2) is 0 Å². The smallest absolute Gasteiger partial charge is 0.144 e. The highest BCUT2D eigenvalue weighted by Gasteiger charge is 2.20. The third-order valence-corrected chi connectivity index (χ3v) is 5.91. The molecule has 0 aliphatic heterocycles. The minimum atomic E-state index is -0.00940. The molecule has 0 bridgehead atoms. The lowest BCUT2D eigenvalue weighted by Crippen LogP contribution is -2.02. The van der Waals surface area contributed by atoms with Crippen LogP contribution < -0.4 is 4.74 Å². The quantitative estimate of drug-likeness (QED) is 0.255. The van der Waals surface area contributed by atoms with Gasteiger partial charge in [-0.15, -0.1) is 0 Å². The van der Waals surface area contributed by atoms with Crippen molar-refractivity contribution < 1.29 is 9.84 Å². The molecule has 0 spiro atoms. The fraction of sp³-hybridized carbons (Fsp3) is 0.0645. The third kappa shape index (κ3) is 4.59. The first-order valence-electron chi connectivity index (χ1n) is 11.5. The summed E-state index contributed by atoms with van der Waals surface area (Å²) in [5.74, 6) is 0.657. The van der Waals surface area contributed by atoms with Gasteiger partial charge in [-0.3, -0.25) is 0 Å². The van der Waals surface area contributed by atoms with E-state index in [1.807, 2.05) is 59.3 Å². The lowest BCUT2D eigenvalue weighted by atomic mass is 9.99. The standard InChI is InChI=1S/C31H26N2O2/c1-22(34)21-35-27-17-11-16-26(20-27)28-18-9-10-19-29(28)33-23(2)30(24-12-5-3-6-13-24)31(32-33)25-14-7-4-8-15-25/h3-20,34H,1,21H2,2H3. The molecule has 0 amide bonds. The average Bonchev–Trinajstić information content (AvgIpc) is 3.25. The lowest BCUT2D eigenvalue weighted by molar-refractivity contribution is 0.272. The van der Waals surface area contributed by atoms with E-state index < -0.39 is 0 Å². The van der Waals surface area contributed by atoms with Crippen molar-refractivity contribution >= 4 is 0 Å². The summed E-state index contributed by atoms with van der Waals surface area (Å²) >= 11 is 0. The molecule has 5 aromatic rings. The molecule has 0 saturated heterocycles. The Labute approximate surface area is 205 Å². The number of aromatic nitrogens is 2. The molecule has 35 heavy (non-hydrogen) atoms. The molecule has 0 radical (unpaired) electrons. The van der Waals surface area contributed by atoms with Gasteiger partial charge in [-0.25, -0.2) is 4.68 Å². The van der Waals surface area contributed by atoms with Crippen molar-refractivity contribution in [3.63, 3.8) is 0 Å². The Balaban J connectivity index is 1.67. The average molecular weight is 459 g/mol. The Bertz CT molecular complexity index is 1470. The number of aliphatic hydroxyl groups is 1. The van der Waals surface area contributed by atoms with Crippen molar-refractivity contribution in [1.82, 2.24) is 9.78 Å². The highest BCUT2D eigenvalue weighted by molar-refractivity contribution is 5.84. The van der Waals surface area contributed by atoms with E-state index in [1.165, 1.54) is 0 Å². The Morgan fingerprint density at radius 1 is 0.800 bits per heavy atom. The van der Waals surface area contributed by atoms with E-state index in [1.54, 1.807) is 0 Å². The second kappa shape index (κ2) is 9.74. The number of hydrogen-bond acceptors (Lipinski definition) is 3. The summed E-state index contributed by atoms with van der Waals surface area (Å²) in [4.78, 5) is 0. The van der Waals surface area contributed by atoms with Crippen molar-refractivity contribution in [3.05, 3.63) is 127 Å². The summed E-state index contributed by atoms with van der Waals surface area (Å²) in [6, 6.07) is 36.8. The van der Waals surface area contributed by atoms with Crippen LogP contribution in [0.25, 0.3) is 39.2 Å².